The van der Waals surface area contributed by atoms with Crippen molar-refractivity contribution < 1.29 is 4.74 Å². The zero-order chi connectivity index (χ0) is 11.4. The van der Waals surface area contributed by atoms with E-state index in [1.807, 2.05) is 12.1 Å². The number of hydrogen-bond acceptors (Lipinski definition) is 4. The first kappa shape index (κ1) is 10.9. The van der Waals surface area contributed by atoms with Gasteiger partial charge in [0.05, 0.1) is 18.0 Å². The van der Waals surface area contributed by atoms with Crippen molar-refractivity contribution in [1.82, 2.24) is 4.98 Å². The van der Waals surface area contributed by atoms with Crippen molar-refractivity contribution in [2.45, 2.75) is 31.4 Å². The van der Waals surface area contributed by atoms with Crippen LogP contribution in [0.5, 0.6) is 0 Å². The average Bonchev–Trinajstić information content (AvgIpc) is 2.78. The zero-order valence-corrected chi connectivity index (χ0v) is 9.31. The third-order valence-corrected chi connectivity index (χ3v) is 2.97. The molecule has 1 N–H and O–H groups in total. The van der Waals surface area contributed by atoms with Gasteiger partial charge < -0.3 is 10.1 Å². The molecule has 1 aromatic rings. The molecule has 0 bridgehead atoms. The Balaban J connectivity index is 1.92. The summed E-state index contributed by atoms with van der Waals surface area (Å²) in [5, 5.41) is 12.0. The van der Waals surface area contributed by atoms with Crippen LogP contribution in [0, 0.1) is 11.3 Å². The molecule has 0 aromatic carbocycles. The fraction of sp³-hybridized carbons (Fsp3) is 0.500. The maximum Gasteiger partial charge on any atom is 0.140 e. The highest BCUT2D eigenvalue weighted by molar-refractivity contribution is 5.43. The Kier molecular flexibility index (Phi) is 3.37. The van der Waals surface area contributed by atoms with Gasteiger partial charge >= 0.3 is 0 Å². The van der Waals surface area contributed by atoms with Gasteiger partial charge in [-0.05, 0) is 31.4 Å². The van der Waals surface area contributed by atoms with Crippen LogP contribution in [0.4, 0.5) is 5.69 Å². The summed E-state index contributed by atoms with van der Waals surface area (Å²) in [5.74, 6) is 0. The molecule has 4 nitrogen and oxygen atoms in total. The lowest BCUT2D eigenvalue weighted by molar-refractivity contribution is 0.108. The minimum Gasteiger partial charge on any atom is -0.381 e. The Morgan fingerprint density at radius 2 is 2.38 bits per heavy atom. The molecule has 2 atom stereocenters. The first-order valence-corrected chi connectivity index (χ1v) is 5.47. The SMILES string of the molecule is COC1CCC(Nc2ccc(C#N)nc2)C1. The third-order valence-electron chi connectivity index (χ3n) is 2.97. The molecule has 1 aromatic heterocycles. The lowest BCUT2D eigenvalue weighted by Crippen LogP contribution is -2.17. The number of nitrogens with zero attached hydrogens (tertiary/aromatic N) is 2. The third kappa shape index (κ3) is 2.50. The molecule has 0 radical (unpaired) electrons. The number of methoxy groups -OCH3 is 1. The second-order valence-corrected chi connectivity index (χ2v) is 4.06. The van der Waals surface area contributed by atoms with Crippen molar-refractivity contribution in [3.05, 3.63) is 24.0 Å². The number of pyridine rings is 1. The van der Waals surface area contributed by atoms with Gasteiger partial charge in [0.2, 0.25) is 0 Å². The molecule has 2 unspecified atom stereocenters. The first-order valence-electron chi connectivity index (χ1n) is 5.47. The lowest BCUT2D eigenvalue weighted by Gasteiger charge is -2.13. The predicted octanol–water partition coefficient (Wildman–Crippen LogP) is 1.93. The molecular formula is C12H15N3O. The molecular weight excluding hydrogens is 202 g/mol. The molecule has 0 aliphatic heterocycles. The number of rotatable bonds is 3. The molecule has 1 aliphatic rings. The maximum absolute atomic E-state index is 8.63. The molecule has 1 fully saturated rings. The van der Waals surface area contributed by atoms with Gasteiger partial charge in [0.15, 0.2) is 0 Å². The van der Waals surface area contributed by atoms with Crippen LogP contribution in [0.1, 0.15) is 25.0 Å². The molecule has 16 heavy (non-hydrogen) atoms. The van der Waals surface area contributed by atoms with Crippen molar-refractivity contribution >= 4 is 5.69 Å². The van der Waals surface area contributed by atoms with E-state index in [9.17, 15) is 0 Å². The molecule has 4 heteroatoms. The molecule has 2 rings (SSSR count). The average molecular weight is 217 g/mol. The highest BCUT2D eigenvalue weighted by Gasteiger charge is 2.24. The Morgan fingerprint density at radius 3 is 2.94 bits per heavy atom. The normalized spacial score (nSPS) is 24.0. The van der Waals surface area contributed by atoms with E-state index in [0.717, 1.165) is 24.9 Å². The first-order chi connectivity index (χ1) is 7.81. The monoisotopic (exact) mass is 217 g/mol. The van der Waals surface area contributed by atoms with Gasteiger partial charge in [0.1, 0.15) is 11.8 Å². The summed E-state index contributed by atoms with van der Waals surface area (Å²) >= 11 is 0. The number of nitriles is 1. The van der Waals surface area contributed by atoms with Crippen molar-refractivity contribution in [1.29, 1.82) is 5.26 Å². The summed E-state index contributed by atoms with van der Waals surface area (Å²) < 4.78 is 5.32. The molecule has 1 heterocycles. The second-order valence-electron chi connectivity index (χ2n) is 4.06. The van der Waals surface area contributed by atoms with E-state index >= 15 is 0 Å². The fourth-order valence-corrected chi connectivity index (χ4v) is 2.07. The largest absolute Gasteiger partial charge is 0.381 e. The maximum atomic E-state index is 8.63. The Hall–Kier alpha value is -1.60. The van der Waals surface area contributed by atoms with E-state index in [-0.39, 0.29) is 0 Å². The number of nitrogens with one attached hydrogen (secondary N) is 1. The molecule has 0 saturated heterocycles. The Morgan fingerprint density at radius 1 is 1.50 bits per heavy atom. The number of ether oxygens (including phenoxy) is 1. The highest BCUT2D eigenvalue weighted by atomic mass is 16.5. The molecule has 0 amide bonds. The standard InChI is InChI=1S/C12H15N3O/c1-16-12-5-4-9(6-12)15-11-3-2-10(7-13)14-8-11/h2-3,8-9,12,15H,4-6H2,1H3. The molecule has 84 valence electrons. The highest BCUT2D eigenvalue weighted by Crippen LogP contribution is 2.24. The number of aromatic nitrogens is 1. The summed E-state index contributed by atoms with van der Waals surface area (Å²) in [6, 6.07) is 6.08. The van der Waals surface area contributed by atoms with Crippen molar-refractivity contribution in [2.75, 3.05) is 12.4 Å². The Labute approximate surface area is 95.3 Å². The van der Waals surface area contributed by atoms with Crippen LogP contribution >= 0.6 is 0 Å². The van der Waals surface area contributed by atoms with E-state index in [4.69, 9.17) is 10.00 Å². The van der Waals surface area contributed by atoms with Gasteiger partial charge in [-0.25, -0.2) is 4.98 Å². The van der Waals surface area contributed by atoms with Crippen LogP contribution in [0.25, 0.3) is 0 Å². The van der Waals surface area contributed by atoms with Crippen LogP contribution in [0.2, 0.25) is 0 Å². The quantitative estimate of drug-likeness (QED) is 0.840. The summed E-state index contributed by atoms with van der Waals surface area (Å²) in [5.41, 5.74) is 1.42. The van der Waals surface area contributed by atoms with Crippen molar-refractivity contribution in [3.63, 3.8) is 0 Å². The topological polar surface area (TPSA) is 57.9 Å². The van der Waals surface area contributed by atoms with Gasteiger partial charge in [-0.3, -0.25) is 0 Å². The van der Waals surface area contributed by atoms with E-state index in [1.165, 1.54) is 0 Å². The van der Waals surface area contributed by atoms with Crippen molar-refractivity contribution in [3.8, 4) is 6.07 Å². The molecule has 1 aliphatic carbocycles. The van der Waals surface area contributed by atoms with E-state index in [0.29, 0.717) is 17.8 Å². The number of anilines is 1. The summed E-state index contributed by atoms with van der Waals surface area (Å²) in [6.45, 7) is 0. The van der Waals surface area contributed by atoms with Gasteiger partial charge in [-0.15, -0.1) is 0 Å². The fourth-order valence-electron chi connectivity index (χ4n) is 2.07. The van der Waals surface area contributed by atoms with Gasteiger partial charge in [-0.1, -0.05) is 0 Å². The summed E-state index contributed by atoms with van der Waals surface area (Å²) in [4.78, 5) is 4.02. The Bertz CT molecular complexity index is 382. The number of hydrogen-bond donors (Lipinski definition) is 1. The minimum atomic E-state index is 0.379. The summed E-state index contributed by atoms with van der Waals surface area (Å²) in [7, 11) is 1.76. The minimum absolute atomic E-state index is 0.379. The smallest absolute Gasteiger partial charge is 0.140 e. The van der Waals surface area contributed by atoms with Crippen LogP contribution < -0.4 is 5.32 Å². The van der Waals surface area contributed by atoms with E-state index in [2.05, 4.69) is 10.3 Å². The predicted molar refractivity (Wildman–Crippen MR) is 61.0 cm³/mol. The van der Waals surface area contributed by atoms with Gasteiger partial charge in [0.25, 0.3) is 0 Å². The molecule has 1 saturated carbocycles. The lowest BCUT2D eigenvalue weighted by atomic mass is 10.2. The van der Waals surface area contributed by atoms with E-state index < -0.39 is 0 Å². The van der Waals surface area contributed by atoms with Gasteiger partial charge in [0, 0.05) is 13.2 Å². The van der Waals surface area contributed by atoms with Crippen LogP contribution in [-0.2, 0) is 4.74 Å². The zero-order valence-electron chi connectivity index (χ0n) is 9.31. The van der Waals surface area contributed by atoms with Crippen LogP contribution in [-0.4, -0.2) is 24.2 Å². The molecule has 0 spiro atoms. The van der Waals surface area contributed by atoms with E-state index in [1.54, 1.807) is 19.4 Å². The second kappa shape index (κ2) is 4.95. The van der Waals surface area contributed by atoms with Crippen LogP contribution in [0.15, 0.2) is 18.3 Å². The van der Waals surface area contributed by atoms with Gasteiger partial charge in [-0.2, -0.15) is 5.26 Å². The summed E-state index contributed by atoms with van der Waals surface area (Å²) in [6.07, 6.45) is 5.36. The van der Waals surface area contributed by atoms with Crippen molar-refractivity contribution in [2.24, 2.45) is 0 Å². The van der Waals surface area contributed by atoms with Crippen LogP contribution in [0.3, 0.4) is 0 Å².